The second-order valence-corrected chi connectivity index (χ2v) is 7.69. The Morgan fingerprint density at radius 2 is 2.10 bits per heavy atom. The summed E-state index contributed by atoms with van der Waals surface area (Å²) in [5, 5.41) is 7.81. The van der Waals surface area contributed by atoms with E-state index in [0.717, 1.165) is 21.3 Å². The van der Waals surface area contributed by atoms with Crippen molar-refractivity contribution in [1.29, 1.82) is 0 Å². The van der Waals surface area contributed by atoms with Crippen molar-refractivity contribution < 1.29 is 4.79 Å². The van der Waals surface area contributed by atoms with E-state index < -0.39 is 0 Å². The number of nitrogens with one attached hydrogen (secondary N) is 1. The van der Waals surface area contributed by atoms with E-state index in [1.807, 2.05) is 31.2 Å². The van der Waals surface area contributed by atoms with Crippen molar-refractivity contribution in [3.05, 3.63) is 70.8 Å². The SMILES string of the molecule is Cc1ccc2nc(NC(=O)CCCn3nc(-c4cccnc4)ccc3=O)sc2c1. The molecular formula is C21H19N5O2S. The highest BCUT2D eigenvalue weighted by Gasteiger charge is 2.09. The molecule has 0 radical (unpaired) electrons. The number of carbonyl (C=O) groups excluding carboxylic acids is 1. The van der Waals surface area contributed by atoms with Gasteiger partial charge in [0.1, 0.15) is 0 Å². The number of carbonyl (C=O) groups is 1. The van der Waals surface area contributed by atoms with Crippen LogP contribution < -0.4 is 10.9 Å². The van der Waals surface area contributed by atoms with Gasteiger partial charge in [-0.15, -0.1) is 0 Å². The summed E-state index contributed by atoms with van der Waals surface area (Å²) in [5.41, 5.74) is 3.35. The first-order valence-electron chi connectivity index (χ1n) is 9.24. The Hall–Kier alpha value is -3.39. The molecule has 1 aromatic carbocycles. The standard InChI is InChI=1S/C21H19N5O2S/c1-14-6-7-17-18(12-14)29-21(23-17)24-19(27)5-3-11-26-20(28)9-8-16(25-26)15-4-2-10-22-13-15/h2,4,6-10,12-13H,3,5,11H2,1H3,(H,23,24,27). The summed E-state index contributed by atoms with van der Waals surface area (Å²) < 4.78 is 2.43. The lowest BCUT2D eigenvalue weighted by molar-refractivity contribution is -0.116. The molecule has 8 heteroatoms. The average Bonchev–Trinajstić information content (AvgIpc) is 3.11. The van der Waals surface area contributed by atoms with Crippen molar-refractivity contribution >= 4 is 32.6 Å². The molecule has 3 aromatic heterocycles. The van der Waals surface area contributed by atoms with Crippen LogP contribution in [0.1, 0.15) is 18.4 Å². The van der Waals surface area contributed by atoms with E-state index in [1.54, 1.807) is 18.5 Å². The van der Waals surface area contributed by atoms with Crippen molar-refractivity contribution in [1.82, 2.24) is 19.7 Å². The number of anilines is 1. The van der Waals surface area contributed by atoms with E-state index in [1.165, 1.54) is 22.1 Å². The molecule has 1 amide bonds. The minimum absolute atomic E-state index is 0.128. The van der Waals surface area contributed by atoms with Crippen LogP contribution in [0.15, 0.2) is 59.7 Å². The van der Waals surface area contributed by atoms with Gasteiger partial charge >= 0.3 is 0 Å². The number of nitrogens with zero attached hydrogens (tertiary/aromatic N) is 4. The summed E-state index contributed by atoms with van der Waals surface area (Å²) in [7, 11) is 0. The number of rotatable bonds is 6. The lowest BCUT2D eigenvalue weighted by atomic mass is 10.2. The Bertz CT molecular complexity index is 1220. The molecule has 4 aromatic rings. The van der Waals surface area contributed by atoms with Gasteiger partial charge in [-0.25, -0.2) is 9.67 Å². The van der Waals surface area contributed by atoms with Gasteiger partial charge < -0.3 is 5.32 Å². The highest BCUT2D eigenvalue weighted by atomic mass is 32.1. The summed E-state index contributed by atoms with van der Waals surface area (Å²) in [4.78, 5) is 32.8. The highest BCUT2D eigenvalue weighted by Crippen LogP contribution is 2.26. The van der Waals surface area contributed by atoms with E-state index in [4.69, 9.17) is 0 Å². The molecule has 146 valence electrons. The first-order chi connectivity index (χ1) is 14.1. The van der Waals surface area contributed by atoms with Crippen LogP contribution in [0.3, 0.4) is 0 Å². The van der Waals surface area contributed by atoms with Crippen LogP contribution in [-0.4, -0.2) is 25.7 Å². The van der Waals surface area contributed by atoms with Crippen molar-refractivity contribution in [3.8, 4) is 11.3 Å². The molecule has 0 aliphatic carbocycles. The van der Waals surface area contributed by atoms with Gasteiger partial charge in [0.2, 0.25) is 5.91 Å². The molecule has 3 heterocycles. The van der Waals surface area contributed by atoms with Crippen LogP contribution in [0.5, 0.6) is 0 Å². The van der Waals surface area contributed by atoms with Crippen molar-refractivity contribution in [2.75, 3.05) is 5.32 Å². The van der Waals surface area contributed by atoms with E-state index >= 15 is 0 Å². The largest absolute Gasteiger partial charge is 0.302 e. The van der Waals surface area contributed by atoms with Crippen LogP contribution in [-0.2, 0) is 11.3 Å². The van der Waals surface area contributed by atoms with Crippen molar-refractivity contribution in [2.45, 2.75) is 26.3 Å². The Morgan fingerprint density at radius 3 is 2.93 bits per heavy atom. The molecule has 0 unspecified atom stereocenters. The zero-order chi connectivity index (χ0) is 20.2. The van der Waals surface area contributed by atoms with Crippen molar-refractivity contribution in [3.63, 3.8) is 0 Å². The number of amides is 1. The van der Waals surface area contributed by atoms with Gasteiger partial charge in [0.25, 0.3) is 5.56 Å². The molecule has 0 aliphatic rings. The zero-order valence-electron chi connectivity index (χ0n) is 15.8. The number of hydrogen-bond donors (Lipinski definition) is 1. The van der Waals surface area contributed by atoms with E-state index in [0.29, 0.717) is 23.8 Å². The van der Waals surface area contributed by atoms with Crippen LogP contribution in [0.25, 0.3) is 21.5 Å². The van der Waals surface area contributed by atoms with E-state index in [-0.39, 0.29) is 17.9 Å². The quantitative estimate of drug-likeness (QED) is 0.529. The third-order valence-corrected chi connectivity index (χ3v) is 5.32. The molecule has 0 saturated carbocycles. The number of pyridine rings is 1. The predicted molar refractivity (Wildman–Crippen MR) is 114 cm³/mol. The fraction of sp³-hybridized carbons (Fsp3) is 0.190. The Morgan fingerprint density at radius 1 is 1.21 bits per heavy atom. The fourth-order valence-electron chi connectivity index (χ4n) is 2.93. The topological polar surface area (TPSA) is 89.8 Å². The molecule has 1 N–H and O–H groups in total. The number of hydrogen-bond acceptors (Lipinski definition) is 6. The van der Waals surface area contributed by atoms with Crippen LogP contribution in [0, 0.1) is 6.92 Å². The summed E-state index contributed by atoms with van der Waals surface area (Å²) in [6.07, 6.45) is 4.16. The third kappa shape index (κ3) is 4.55. The van der Waals surface area contributed by atoms with E-state index in [2.05, 4.69) is 26.4 Å². The van der Waals surface area contributed by atoms with Gasteiger partial charge in [-0.3, -0.25) is 14.6 Å². The van der Waals surface area contributed by atoms with Crippen LogP contribution in [0.4, 0.5) is 5.13 Å². The highest BCUT2D eigenvalue weighted by molar-refractivity contribution is 7.22. The van der Waals surface area contributed by atoms with Gasteiger partial charge in [-0.05, 0) is 49.2 Å². The smallest absolute Gasteiger partial charge is 0.266 e. The molecule has 0 fully saturated rings. The molecule has 0 spiro atoms. The molecule has 0 aliphatic heterocycles. The average molecular weight is 405 g/mol. The predicted octanol–water partition coefficient (Wildman–Crippen LogP) is 3.64. The minimum Gasteiger partial charge on any atom is -0.302 e. The first kappa shape index (κ1) is 18.9. The van der Waals surface area contributed by atoms with E-state index in [9.17, 15) is 9.59 Å². The lowest BCUT2D eigenvalue weighted by Crippen LogP contribution is -2.23. The number of fused-ring (bicyclic) bond motifs is 1. The van der Waals surface area contributed by atoms with Gasteiger partial charge in [-0.2, -0.15) is 5.10 Å². The summed E-state index contributed by atoms with van der Waals surface area (Å²) in [6, 6.07) is 12.9. The van der Waals surface area contributed by atoms with Crippen molar-refractivity contribution in [2.24, 2.45) is 0 Å². The lowest BCUT2D eigenvalue weighted by Gasteiger charge is -2.07. The second kappa shape index (κ2) is 8.32. The Balaban J connectivity index is 1.37. The normalized spacial score (nSPS) is 10.9. The maximum atomic E-state index is 12.3. The van der Waals surface area contributed by atoms with Gasteiger partial charge in [0, 0.05) is 37.0 Å². The third-order valence-electron chi connectivity index (χ3n) is 4.39. The second-order valence-electron chi connectivity index (χ2n) is 6.66. The van der Waals surface area contributed by atoms with Crippen LogP contribution >= 0.6 is 11.3 Å². The maximum absolute atomic E-state index is 12.3. The van der Waals surface area contributed by atoms with Gasteiger partial charge in [-0.1, -0.05) is 17.4 Å². The summed E-state index contributed by atoms with van der Waals surface area (Å²) >= 11 is 1.46. The molecule has 0 saturated heterocycles. The monoisotopic (exact) mass is 405 g/mol. The number of benzene rings is 1. The molecule has 4 rings (SSSR count). The Labute approximate surface area is 171 Å². The zero-order valence-corrected chi connectivity index (χ0v) is 16.6. The van der Waals surface area contributed by atoms with Crippen LogP contribution in [0.2, 0.25) is 0 Å². The number of thiazole rings is 1. The molecular weight excluding hydrogens is 386 g/mol. The first-order valence-corrected chi connectivity index (χ1v) is 10.1. The molecule has 29 heavy (non-hydrogen) atoms. The maximum Gasteiger partial charge on any atom is 0.266 e. The van der Waals surface area contributed by atoms with Gasteiger partial charge in [0.05, 0.1) is 15.9 Å². The summed E-state index contributed by atoms with van der Waals surface area (Å²) in [6.45, 7) is 2.39. The summed E-state index contributed by atoms with van der Waals surface area (Å²) in [5.74, 6) is -0.128. The molecule has 7 nitrogen and oxygen atoms in total. The fourth-order valence-corrected chi connectivity index (χ4v) is 3.91. The Kier molecular flexibility index (Phi) is 5.44. The number of aromatic nitrogens is 4. The number of aryl methyl sites for hydroxylation is 2. The molecule has 0 bridgehead atoms. The minimum atomic E-state index is -0.195. The molecule has 0 atom stereocenters. The van der Waals surface area contributed by atoms with Gasteiger partial charge in [0.15, 0.2) is 5.13 Å².